The number of benzene rings is 2. The lowest BCUT2D eigenvalue weighted by Gasteiger charge is -2.34. The van der Waals surface area contributed by atoms with Crippen molar-refractivity contribution in [2.45, 2.75) is 45.4 Å². The molecule has 0 aromatic heterocycles. The van der Waals surface area contributed by atoms with Crippen LogP contribution in [0.3, 0.4) is 0 Å². The first-order valence-electron chi connectivity index (χ1n) is 11.7. The van der Waals surface area contributed by atoms with Crippen LogP contribution in [0.2, 0.25) is 0 Å². The topological polar surface area (TPSA) is 55.3 Å². The lowest BCUT2D eigenvalue weighted by molar-refractivity contribution is 0.00990. The van der Waals surface area contributed by atoms with Gasteiger partial charge in [0.2, 0.25) is 0 Å². The van der Waals surface area contributed by atoms with Crippen LogP contribution in [0.4, 0.5) is 0 Å². The summed E-state index contributed by atoms with van der Waals surface area (Å²) in [6, 6.07) is 18.4. The SMILES string of the molecule is CCNC(=NCc1cccc(COc2ccccc2)c1)N1CCC(OCCCOC)CC1. The van der Waals surface area contributed by atoms with E-state index in [2.05, 4.69) is 41.4 Å². The minimum atomic E-state index is 0.340. The molecule has 1 N–H and O–H groups in total. The summed E-state index contributed by atoms with van der Waals surface area (Å²) in [5.74, 6) is 1.87. The number of rotatable bonds is 11. The standard InChI is InChI=1S/C26H37N3O3/c1-3-27-26(29-15-13-25(14-16-29)31-18-8-17-30-2)28-20-22-9-7-10-23(19-22)21-32-24-11-5-4-6-12-24/h4-7,9-12,19,25H,3,8,13-18,20-21H2,1-2H3,(H,27,28). The number of nitrogens with one attached hydrogen (secondary N) is 1. The summed E-state index contributed by atoms with van der Waals surface area (Å²) in [5.41, 5.74) is 2.34. The fourth-order valence-electron chi connectivity index (χ4n) is 3.78. The summed E-state index contributed by atoms with van der Waals surface area (Å²) in [7, 11) is 1.73. The highest BCUT2D eigenvalue weighted by molar-refractivity contribution is 5.80. The Morgan fingerprint density at radius 2 is 1.81 bits per heavy atom. The molecular formula is C26H37N3O3. The highest BCUT2D eigenvalue weighted by Gasteiger charge is 2.21. The van der Waals surface area contributed by atoms with Crippen molar-refractivity contribution in [1.82, 2.24) is 10.2 Å². The van der Waals surface area contributed by atoms with E-state index in [0.29, 0.717) is 19.3 Å². The lowest BCUT2D eigenvalue weighted by Crippen LogP contribution is -2.47. The Bertz CT molecular complexity index is 805. The third kappa shape index (κ3) is 8.17. The van der Waals surface area contributed by atoms with E-state index in [1.165, 1.54) is 5.56 Å². The third-order valence-corrected chi connectivity index (χ3v) is 5.47. The molecule has 0 atom stereocenters. The lowest BCUT2D eigenvalue weighted by atomic mass is 10.1. The van der Waals surface area contributed by atoms with Crippen molar-refractivity contribution in [1.29, 1.82) is 0 Å². The second-order valence-corrected chi connectivity index (χ2v) is 8.00. The zero-order chi connectivity index (χ0) is 22.4. The van der Waals surface area contributed by atoms with Gasteiger partial charge in [-0.1, -0.05) is 42.5 Å². The monoisotopic (exact) mass is 439 g/mol. The van der Waals surface area contributed by atoms with E-state index in [1.807, 2.05) is 30.3 Å². The average Bonchev–Trinajstić information content (AvgIpc) is 2.84. The third-order valence-electron chi connectivity index (χ3n) is 5.47. The fraction of sp³-hybridized carbons (Fsp3) is 0.500. The average molecular weight is 440 g/mol. The molecule has 1 aliphatic heterocycles. The van der Waals surface area contributed by atoms with Gasteiger partial charge in [-0.15, -0.1) is 0 Å². The molecule has 174 valence electrons. The summed E-state index contributed by atoms with van der Waals surface area (Å²) >= 11 is 0. The van der Waals surface area contributed by atoms with E-state index < -0.39 is 0 Å². The molecule has 6 heteroatoms. The first-order valence-corrected chi connectivity index (χ1v) is 11.7. The Morgan fingerprint density at radius 1 is 1.03 bits per heavy atom. The summed E-state index contributed by atoms with van der Waals surface area (Å²) in [4.78, 5) is 7.26. The van der Waals surface area contributed by atoms with Crippen molar-refractivity contribution in [3.63, 3.8) is 0 Å². The van der Waals surface area contributed by atoms with Crippen LogP contribution >= 0.6 is 0 Å². The van der Waals surface area contributed by atoms with Gasteiger partial charge in [0.1, 0.15) is 12.4 Å². The molecular weight excluding hydrogens is 402 g/mol. The fourth-order valence-corrected chi connectivity index (χ4v) is 3.78. The van der Waals surface area contributed by atoms with E-state index >= 15 is 0 Å². The normalized spacial score (nSPS) is 15.1. The minimum absolute atomic E-state index is 0.340. The summed E-state index contributed by atoms with van der Waals surface area (Å²) in [6.45, 7) is 7.64. The van der Waals surface area contributed by atoms with Gasteiger partial charge in [-0.05, 0) is 49.4 Å². The number of para-hydroxylation sites is 1. The number of piperidine rings is 1. The summed E-state index contributed by atoms with van der Waals surface area (Å²) in [6.07, 6.45) is 3.36. The van der Waals surface area contributed by atoms with Crippen LogP contribution in [0, 0.1) is 0 Å². The molecule has 0 spiro atoms. The summed E-state index contributed by atoms with van der Waals surface area (Å²) in [5, 5.41) is 3.45. The number of nitrogens with zero attached hydrogens (tertiary/aromatic N) is 2. The Hall–Kier alpha value is -2.57. The predicted octanol–water partition coefficient (Wildman–Crippen LogP) is 4.25. The molecule has 0 unspecified atom stereocenters. The second-order valence-electron chi connectivity index (χ2n) is 8.00. The van der Waals surface area contributed by atoms with Gasteiger partial charge in [-0.3, -0.25) is 0 Å². The van der Waals surface area contributed by atoms with Gasteiger partial charge >= 0.3 is 0 Å². The molecule has 0 amide bonds. The number of likely N-dealkylation sites (tertiary alicyclic amines) is 1. The zero-order valence-electron chi connectivity index (χ0n) is 19.5. The maximum Gasteiger partial charge on any atom is 0.194 e. The Balaban J connectivity index is 1.50. The summed E-state index contributed by atoms with van der Waals surface area (Å²) < 4.78 is 17.0. The Kier molecular flexibility index (Phi) is 10.4. The van der Waals surface area contributed by atoms with Crippen LogP contribution in [-0.2, 0) is 22.6 Å². The highest BCUT2D eigenvalue weighted by atomic mass is 16.5. The molecule has 0 aliphatic carbocycles. The number of hydrogen-bond acceptors (Lipinski definition) is 4. The molecule has 2 aromatic rings. The molecule has 1 saturated heterocycles. The van der Waals surface area contributed by atoms with Gasteiger partial charge in [0.15, 0.2) is 5.96 Å². The number of aliphatic imine (C=N–C) groups is 1. The molecule has 1 aliphatic rings. The molecule has 0 radical (unpaired) electrons. The Labute approximate surface area is 192 Å². The number of hydrogen-bond donors (Lipinski definition) is 1. The zero-order valence-corrected chi connectivity index (χ0v) is 19.5. The first kappa shape index (κ1) is 24.1. The molecule has 3 rings (SSSR count). The molecule has 0 bridgehead atoms. The Morgan fingerprint density at radius 3 is 2.56 bits per heavy atom. The first-order chi connectivity index (χ1) is 15.8. The van der Waals surface area contributed by atoms with Crippen LogP contribution < -0.4 is 10.1 Å². The van der Waals surface area contributed by atoms with Crippen molar-refractivity contribution in [3.05, 3.63) is 65.7 Å². The van der Waals surface area contributed by atoms with Gasteiger partial charge < -0.3 is 24.4 Å². The van der Waals surface area contributed by atoms with Crippen LogP contribution in [0.15, 0.2) is 59.6 Å². The van der Waals surface area contributed by atoms with Gasteiger partial charge in [0.25, 0.3) is 0 Å². The number of guanidine groups is 1. The predicted molar refractivity (Wildman–Crippen MR) is 129 cm³/mol. The van der Waals surface area contributed by atoms with E-state index in [-0.39, 0.29) is 0 Å². The molecule has 32 heavy (non-hydrogen) atoms. The maximum atomic E-state index is 5.99. The largest absolute Gasteiger partial charge is 0.489 e. The molecule has 6 nitrogen and oxygen atoms in total. The van der Waals surface area contributed by atoms with Gasteiger partial charge in [0, 0.05) is 40.0 Å². The minimum Gasteiger partial charge on any atom is -0.489 e. The van der Waals surface area contributed by atoms with Crippen molar-refractivity contribution in [3.8, 4) is 5.75 Å². The number of methoxy groups -OCH3 is 1. The molecule has 1 fully saturated rings. The van der Waals surface area contributed by atoms with Crippen LogP contribution in [0.5, 0.6) is 5.75 Å². The number of ether oxygens (including phenoxy) is 3. The van der Waals surface area contributed by atoms with Crippen molar-refractivity contribution in [2.24, 2.45) is 4.99 Å². The second kappa shape index (κ2) is 13.8. The smallest absolute Gasteiger partial charge is 0.194 e. The van der Waals surface area contributed by atoms with Crippen molar-refractivity contribution in [2.75, 3.05) is 40.0 Å². The van der Waals surface area contributed by atoms with E-state index in [1.54, 1.807) is 7.11 Å². The van der Waals surface area contributed by atoms with Crippen molar-refractivity contribution < 1.29 is 14.2 Å². The van der Waals surface area contributed by atoms with Crippen LogP contribution in [-0.4, -0.2) is 56.9 Å². The van der Waals surface area contributed by atoms with Crippen LogP contribution in [0.1, 0.15) is 37.3 Å². The van der Waals surface area contributed by atoms with E-state index in [4.69, 9.17) is 19.2 Å². The van der Waals surface area contributed by atoms with E-state index in [0.717, 1.165) is 69.4 Å². The maximum absolute atomic E-state index is 5.99. The van der Waals surface area contributed by atoms with Crippen LogP contribution in [0.25, 0.3) is 0 Å². The molecule has 2 aromatic carbocycles. The van der Waals surface area contributed by atoms with Gasteiger partial charge in [-0.2, -0.15) is 0 Å². The van der Waals surface area contributed by atoms with Gasteiger partial charge in [-0.25, -0.2) is 4.99 Å². The van der Waals surface area contributed by atoms with Crippen molar-refractivity contribution >= 4 is 5.96 Å². The molecule has 1 heterocycles. The van der Waals surface area contributed by atoms with Gasteiger partial charge in [0.05, 0.1) is 12.6 Å². The van der Waals surface area contributed by atoms with E-state index in [9.17, 15) is 0 Å². The quantitative estimate of drug-likeness (QED) is 0.322. The molecule has 0 saturated carbocycles. The highest BCUT2D eigenvalue weighted by Crippen LogP contribution is 2.16.